The summed E-state index contributed by atoms with van der Waals surface area (Å²) in [6.45, 7) is 8.76. The molecule has 3 rings (SSSR count). The zero-order valence-corrected chi connectivity index (χ0v) is 22.2. The van der Waals surface area contributed by atoms with Crippen molar-refractivity contribution < 1.29 is 14.2 Å². The maximum atomic E-state index is 5.46. The molecule has 7 nitrogen and oxygen atoms in total. The molecule has 0 aromatic heterocycles. The Balaban J connectivity index is 0.00000363. The fraction of sp³-hybridized carbons (Fsp3) is 0.458. The third-order valence-corrected chi connectivity index (χ3v) is 5.88. The van der Waals surface area contributed by atoms with E-state index in [0.717, 1.165) is 37.7 Å². The van der Waals surface area contributed by atoms with Crippen LogP contribution in [0.15, 0.2) is 35.3 Å². The lowest BCUT2D eigenvalue weighted by Gasteiger charge is -2.38. The van der Waals surface area contributed by atoms with E-state index in [1.54, 1.807) is 21.3 Å². The Morgan fingerprint density at radius 3 is 2.12 bits per heavy atom. The lowest BCUT2D eigenvalue weighted by molar-refractivity contribution is 0.323. The number of nitrogens with one attached hydrogen (secondary N) is 1. The van der Waals surface area contributed by atoms with Crippen LogP contribution >= 0.6 is 24.0 Å². The molecule has 1 N–H and O–H groups in total. The van der Waals surface area contributed by atoms with Crippen molar-refractivity contribution in [2.75, 3.05) is 59.5 Å². The van der Waals surface area contributed by atoms with Gasteiger partial charge in [0.15, 0.2) is 17.5 Å². The SMILES string of the molecule is CN=C(NCc1cc(OC)c(OC)c(OC)c1)N1CCN(c2cccc(C)c2C)CC1.I. The van der Waals surface area contributed by atoms with Gasteiger partial charge in [0, 0.05) is 45.5 Å². The predicted molar refractivity (Wildman–Crippen MR) is 141 cm³/mol. The van der Waals surface area contributed by atoms with Gasteiger partial charge in [0.2, 0.25) is 5.75 Å². The molecule has 2 aromatic carbocycles. The summed E-state index contributed by atoms with van der Waals surface area (Å²) in [5.41, 5.74) is 5.06. The van der Waals surface area contributed by atoms with Crippen LogP contribution in [-0.2, 0) is 6.54 Å². The highest BCUT2D eigenvalue weighted by molar-refractivity contribution is 14.0. The molecule has 0 aliphatic carbocycles. The second-order valence-corrected chi connectivity index (χ2v) is 7.63. The topological polar surface area (TPSA) is 58.6 Å². The first-order valence-electron chi connectivity index (χ1n) is 10.6. The molecule has 1 aliphatic rings. The molecule has 2 aromatic rings. The standard InChI is InChI=1S/C24H34N4O3.HI/c1-17-8-7-9-20(18(17)2)27-10-12-28(13-11-27)24(25-3)26-16-19-14-21(29-4)23(31-6)22(15-19)30-5;/h7-9,14-15H,10-13,16H2,1-6H3,(H,25,26);1H. The second-order valence-electron chi connectivity index (χ2n) is 7.63. The highest BCUT2D eigenvalue weighted by atomic mass is 127. The average Bonchev–Trinajstić information content (AvgIpc) is 2.81. The van der Waals surface area contributed by atoms with Crippen LogP contribution in [0.2, 0.25) is 0 Å². The molecule has 0 bridgehead atoms. The number of guanidine groups is 1. The molecule has 0 radical (unpaired) electrons. The number of piperazine rings is 1. The van der Waals surface area contributed by atoms with E-state index >= 15 is 0 Å². The van der Waals surface area contributed by atoms with Gasteiger partial charge in [0.1, 0.15) is 0 Å². The van der Waals surface area contributed by atoms with Crippen molar-refractivity contribution >= 4 is 35.6 Å². The van der Waals surface area contributed by atoms with E-state index in [2.05, 4.69) is 52.2 Å². The molecule has 8 heteroatoms. The lowest BCUT2D eigenvalue weighted by Crippen LogP contribution is -2.52. The molecule has 0 spiro atoms. The summed E-state index contributed by atoms with van der Waals surface area (Å²) in [7, 11) is 6.69. The molecular weight excluding hydrogens is 519 g/mol. The van der Waals surface area contributed by atoms with Crippen LogP contribution < -0.4 is 24.4 Å². The van der Waals surface area contributed by atoms with Crippen molar-refractivity contribution in [2.45, 2.75) is 20.4 Å². The van der Waals surface area contributed by atoms with E-state index in [9.17, 15) is 0 Å². The minimum atomic E-state index is 0. The molecule has 1 heterocycles. The fourth-order valence-corrected chi connectivity index (χ4v) is 3.99. The zero-order chi connectivity index (χ0) is 22.4. The highest BCUT2D eigenvalue weighted by Crippen LogP contribution is 2.38. The van der Waals surface area contributed by atoms with Crippen molar-refractivity contribution in [2.24, 2.45) is 4.99 Å². The first-order valence-corrected chi connectivity index (χ1v) is 10.6. The van der Waals surface area contributed by atoms with Crippen molar-refractivity contribution in [3.8, 4) is 17.2 Å². The van der Waals surface area contributed by atoms with E-state index in [0.29, 0.717) is 23.8 Å². The van der Waals surface area contributed by atoms with E-state index < -0.39 is 0 Å². The monoisotopic (exact) mass is 554 g/mol. The Labute approximate surface area is 208 Å². The fourth-order valence-electron chi connectivity index (χ4n) is 3.99. The number of aliphatic imine (C=N–C) groups is 1. The summed E-state index contributed by atoms with van der Waals surface area (Å²) < 4.78 is 16.3. The lowest BCUT2D eigenvalue weighted by atomic mass is 10.1. The zero-order valence-electron chi connectivity index (χ0n) is 19.9. The van der Waals surface area contributed by atoms with Crippen LogP contribution in [0.1, 0.15) is 16.7 Å². The summed E-state index contributed by atoms with van der Waals surface area (Å²) >= 11 is 0. The largest absolute Gasteiger partial charge is 0.493 e. The van der Waals surface area contributed by atoms with Gasteiger partial charge in [-0.05, 0) is 48.7 Å². The molecule has 0 saturated carbocycles. The first kappa shape index (κ1) is 25.9. The van der Waals surface area contributed by atoms with Gasteiger partial charge >= 0.3 is 0 Å². The predicted octanol–water partition coefficient (Wildman–Crippen LogP) is 3.84. The number of halogens is 1. The number of anilines is 1. The van der Waals surface area contributed by atoms with Crippen molar-refractivity contribution in [1.29, 1.82) is 0 Å². The van der Waals surface area contributed by atoms with Crippen LogP contribution in [0.25, 0.3) is 0 Å². The van der Waals surface area contributed by atoms with Crippen LogP contribution in [0, 0.1) is 13.8 Å². The third-order valence-electron chi connectivity index (χ3n) is 5.88. The van der Waals surface area contributed by atoms with Crippen molar-refractivity contribution in [1.82, 2.24) is 10.2 Å². The van der Waals surface area contributed by atoms with Crippen LogP contribution in [0.5, 0.6) is 17.2 Å². The minimum absolute atomic E-state index is 0. The highest BCUT2D eigenvalue weighted by Gasteiger charge is 2.21. The molecule has 0 atom stereocenters. The Kier molecular flexibility index (Phi) is 9.74. The number of benzene rings is 2. The normalized spacial score (nSPS) is 14.0. The van der Waals surface area contributed by atoms with Gasteiger partial charge in [-0.3, -0.25) is 4.99 Å². The van der Waals surface area contributed by atoms with Crippen molar-refractivity contribution in [3.05, 3.63) is 47.0 Å². The molecule has 1 aliphatic heterocycles. The minimum Gasteiger partial charge on any atom is -0.493 e. The number of rotatable bonds is 6. The second kappa shape index (κ2) is 12.0. The Morgan fingerprint density at radius 2 is 1.59 bits per heavy atom. The quantitative estimate of drug-likeness (QED) is 0.333. The number of hydrogen-bond acceptors (Lipinski definition) is 5. The van der Waals surface area contributed by atoms with Gasteiger partial charge < -0.3 is 29.3 Å². The number of hydrogen-bond donors (Lipinski definition) is 1. The Hall–Kier alpha value is -2.36. The van der Waals surface area contributed by atoms with Gasteiger partial charge in [0.25, 0.3) is 0 Å². The van der Waals surface area contributed by atoms with Crippen LogP contribution in [-0.4, -0.2) is 65.4 Å². The number of ether oxygens (including phenoxy) is 3. The summed E-state index contributed by atoms with van der Waals surface area (Å²) in [5.74, 6) is 2.79. The maximum Gasteiger partial charge on any atom is 0.203 e. The van der Waals surface area contributed by atoms with E-state index in [-0.39, 0.29) is 24.0 Å². The summed E-state index contributed by atoms with van der Waals surface area (Å²) in [4.78, 5) is 9.27. The summed E-state index contributed by atoms with van der Waals surface area (Å²) in [6.07, 6.45) is 0. The molecule has 32 heavy (non-hydrogen) atoms. The van der Waals surface area contributed by atoms with Gasteiger partial charge in [-0.25, -0.2) is 0 Å². The van der Waals surface area contributed by atoms with Gasteiger partial charge in [-0.1, -0.05) is 12.1 Å². The number of nitrogens with zero attached hydrogens (tertiary/aromatic N) is 3. The molecule has 176 valence electrons. The molecule has 0 unspecified atom stereocenters. The van der Waals surface area contributed by atoms with Crippen LogP contribution in [0.3, 0.4) is 0 Å². The van der Waals surface area contributed by atoms with Gasteiger partial charge in [-0.15, -0.1) is 24.0 Å². The Morgan fingerprint density at radius 1 is 0.969 bits per heavy atom. The summed E-state index contributed by atoms with van der Waals surface area (Å²) in [6, 6.07) is 10.4. The van der Waals surface area contributed by atoms with Crippen molar-refractivity contribution in [3.63, 3.8) is 0 Å². The van der Waals surface area contributed by atoms with Gasteiger partial charge in [-0.2, -0.15) is 0 Å². The Bertz CT molecular complexity index is 902. The summed E-state index contributed by atoms with van der Waals surface area (Å²) in [5, 5.41) is 3.48. The maximum absolute atomic E-state index is 5.46. The molecule has 0 amide bonds. The first-order chi connectivity index (χ1) is 15.0. The van der Waals surface area contributed by atoms with E-state index in [4.69, 9.17) is 14.2 Å². The number of methoxy groups -OCH3 is 3. The van der Waals surface area contributed by atoms with E-state index in [1.807, 2.05) is 19.2 Å². The third kappa shape index (κ3) is 5.70. The number of aryl methyl sites for hydroxylation is 1. The van der Waals surface area contributed by atoms with Crippen LogP contribution in [0.4, 0.5) is 5.69 Å². The molecule has 1 saturated heterocycles. The average molecular weight is 554 g/mol. The smallest absolute Gasteiger partial charge is 0.203 e. The van der Waals surface area contributed by atoms with Gasteiger partial charge in [0.05, 0.1) is 21.3 Å². The van der Waals surface area contributed by atoms with E-state index in [1.165, 1.54) is 16.8 Å². The molecule has 1 fully saturated rings. The molecular formula is C24H35IN4O3.